The van der Waals surface area contributed by atoms with Crippen LogP contribution in [0.5, 0.6) is 5.75 Å². The smallest absolute Gasteiger partial charge is 0.308 e. The highest BCUT2D eigenvalue weighted by Gasteiger charge is 2.34. The Bertz CT molecular complexity index is 638. The molecular weight excluding hydrogens is 296 g/mol. The van der Waals surface area contributed by atoms with Crippen LogP contribution in [-0.2, 0) is 9.59 Å². The van der Waals surface area contributed by atoms with E-state index in [1.807, 2.05) is 13.0 Å². The first-order chi connectivity index (χ1) is 10.9. The van der Waals surface area contributed by atoms with E-state index in [9.17, 15) is 14.7 Å². The van der Waals surface area contributed by atoms with E-state index >= 15 is 0 Å². The maximum Gasteiger partial charge on any atom is 0.308 e. The summed E-state index contributed by atoms with van der Waals surface area (Å²) in [5.74, 6) is -1.18. The molecule has 0 spiro atoms. The summed E-state index contributed by atoms with van der Waals surface area (Å²) in [6.07, 6.45) is -0.199. The zero-order valence-corrected chi connectivity index (χ0v) is 13.2. The molecule has 1 saturated heterocycles. The van der Waals surface area contributed by atoms with Crippen molar-refractivity contribution in [1.82, 2.24) is 4.90 Å². The third-order valence-corrected chi connectivity index (χ3v) is 3.98. The number of carbonyl (C=O) groups excluding carboxylic acids is 1. The van der Waals surface area contributed by atoms with Gasteiger partial charge in [0.25, 0.3) is 5.91 Å². The van der Waals surface area contributed by atoms with Gasteiger partial charge in [-0.25, -0.2) is 0 Å². The highest BCUT2D eigenvalue weighted by atomic mass is 16.5. The zero-order valence-electron chi connectivity index (χ0n) is 13.2. The number of amides is 1. The van der Waals surface area contributed by atoms with Gasteiger partial charge in [-0.05, 0) is 31.4 Å². The molecule has 122 valence electrons. The lowest BCUT2D eigenvalue weighted by Crippen LogP contribution is -2.49. The summed E-state index contributed by atoms with van der Waals surface area (Å²) in [6, 6.07) is 8.74. The van der Waals surface area contributed by atoms with Crippen LogP contribution in [0.3, 0.4) is 0 Å². The highest BCUT2D eigenvalue weighted by Crippen LogP contribution is 2.24. The molecule has 0 aromatic heterocycles. The van der Waals surface area contributed by atoms with Crippen LogP contribution in [0, 0.1) is 23.2 Å². The van der Waals surface area contributed by atoms with Gasteiger partial charge in [-0.3, -0.25) is 9.59 Å². The van der Waals surface area contributed by atoms with Gasteiger partial charge in [0.15, 0.2) is 6.10 Å². The predicted octanol–water partition coefficient (Wildman–Crippen LogP) is 1.89. The second kappa shape index (κ2) is 7.14. The third-order valence-electron chi connectivity index (χ3n) is 3.98. The Balaban J connectivity index is 2.07. The number of nitriles is 1. The van der Waals surface area contributed by atoms with Crippen molar-refractivity contribution in [2.24, 2.45) is 11.8 Å². The van der Waals surface area contributed by atoms with Gasteiger partial charge in [-0.15, -0.1) is 0 Å². The van der Waals surface area contributed by atoms with Crippen molar-refractivity contribution in [2.45, 2.75) is 26.4 Å². The van der Waals surface area contributed by atoms with Gasteiger partial charge < -0.3 is 14.7 Å². The number of nitrogens with zero attached hydrogens (tertiary/aromatic N) is 2. The van der Waals surface area contributed by atoms with Gasteiger partial charge in [-0.2, -0.15) is 5.26 Å². The molecule has 1 aromatic carbocycles. The fraction of sp³-hybridized carbons (Fsp3) is 0.471. The van der Waals surface area contributed by atoms with Crippen molar-refractivity contribution < 1.29 is 19.4 Å². The molecule has 0 radical (unpaired) electrons. The minimum atomic E-state index is -0.877. The summed E-state index contributed by atoms with van der Waals surface area (Å²) < 4.78 is 5.62. The monoisotopic (exact) mass is 316 g/mol. The molecular formula is C17H20N2O4. The van der Waals surface area contributed by atoms with Gasteiger partial charge in [-0.1, -0.05) is 19.1 Å². The van der Waals surface area contributed by atoms with Crippen LogP contribution < -0.4 is 4.74 Å². The van der Waals surface area contributed by atoms with Crippen molar-refractivity contribution in [3.63, 3.8) is 0 Å². The Morgan fingerprint density at radius 2 is 2.09 bits per heavy atom. The summed E-state index contributed by atoms with van der Waals surface area (Å²) in [5, 5.41) is 18.3. The van der Waals surface area contributed by atoms with Crippen molar-refractivity contribution in [1.29, 1.82) is 5.26 Å². The number of ether oxygens (including phenoxy) is 1. The number of rotatable bonds is 4. The number of carbonyl (C=O) groups is 2. The first-order valence-electron chi connectivity index (χ1n) is 7.59. The topological polar surface area (TPSA) is 90.6 Å². The Labute approximate surface area is 135 Å². The van der Waals surface area contributed by atoms with E-state index in [0.717, 1.165) is 0 Å². The van der Waals surface area contributed by atoms with Crippen molar-refractivity contribution in [3.05, 3.63) is 29.8 Å². The van der Waals surface area contributed by atoms with E-state index in [4.69, 9.17) is 10.00 Å². The summed E-state index contributed by atoms with van der Waals surface area (Å²) >= 11 is 0. The third kappa shape index (κ3) is 4.01. The number of benzene rings is 1. The SMILES string of the molecule is CC1CC(C(=O)O)CN(C(=O)C(C)Oc2ccccc2C#N)C1. The van der Waals surface area contributed by atoms with Crippen LogP contribution in [0.4, 0.5) is 0 Å². The number of likely N-dealkylation sites (tertiary alicyclic amines) is 1. The molecule has 0 aliphatic carbocycles. The van der Waals surface area contributed by atoms with Crippen LogP contribution in [0.25, 0.3) is 0 Å². The van der Waals surface area contributed by atoms with E-state index in [0.29, 0.717) is 24.3 Å². The quantitative estimate of drug-likeness (QED) is 0.916. The standard InChI is InChI=1S/C17H20N2O4/c1-11-7-14(17(21)22)10-19(9-11)16(20)12(2)23-15-6-4-3-5-13(15)8-18/h3-6,11-12,14H,7,9-10H2,1-2H3,(H,21,22). The van der Waals surface area contributed by atoms with E-state index < -0.39 is 18.0 Å². The first-order valence-corrected chi connectivity index (χ1v) is 7.59. The van der Waals surface area contributed by atoms with E-state index in [1.54, 1.807) is 36.1 Å². The Hall–Kier alpha value is -2.55. The summed E-state index contributed by atoms with van der Waals surface area (Å²) in [5.41, 5.74) is 0.363. The molecule has 0 bridgehead atoms. The second-order valence-corrected chi connectivity index (χ2v) is 5.99. The Morgan fingerprint density at radius 1 is 1.39 bits per heavy atom. The molecule has 1 heterocycles. The molecule has 1 fully saturated rings. The molecule has 3 atom stereocenters. The van der Waals surface area contributed by atoms with Gasteiger partial charge in [0, 0.05) is 13.1 Å². The minimum Gasteiger partial charge on any atom is -0.481 e. The predicted molar refractivity (Wildman–Crippen MR) is 82.7 cm³/mol. The van der Waals surface area contributed by atoms with Crippen LogP contribution >= 0.6 is 0 Å². The van der Waals surface area contributed by atoms with Crippen molar-refractivity contribution in [2.75, 3.05) is 13.1 Å². The molecule has 3 unspecified atom stereocenters. The molecule has 6 heteroatoms. The largest absolute Gasteiger partial charge is 0.481 e. The second-order valence-electron chi connectivity index (χ2n) is 5.99. The first kappa shape index (κ1) is 16.8. The summed E-state index contributed by atoms with van der Waals surface area (Å²) in [4.78, 5) is 25.3. The highest BCUT2D eigenvalue weighted by molar-refractivity contribution is 5.82. The number of hydrogen-bond donors (Lipinski definition) is 1. The van der Waals surface area contributed by atoms with Crippen LogP contribution in [0.2, 0.25) is 0 Å². The number of aliphatic carboxylic acids is 1. The van der Waals surface area contributed by atoms with Crippen molar-refractivity contribution >= 4 is 11.9 Å². The minimum absolute atomic E-state index is 0.132. The molecule has 1 N–H and O–H groups in total. The van der Waals surface area contributed by atoms with Gasteiger partial charge in [0.1, 0.15) is 11.8 Å². The maximum atomic E-state index is 12.5. The Kier molecular flexibility index (Phi) is 5.22. The fourth-order valence-electron chi connectivity index (χ4n) is 2.87. The lowest BCUT2D eigenvalue weighted by molar-refractivity contribution is -0.149. The summed E-state index contributed by atoms with van der Waals surface area (Å²) in [7, 11) is 0. The van der Waals surface area contributed by atoms with Gasteiger partial charge in [0.2, 0.25) is 0 Å². The summed E-state index contributed by atoms with van der Waals surface area (Å²) in [6.45, 7) is 4.28. The average molecular weight is 316 g/mol. The van der Waals surface area contributed by atoms with Gasteiger partial charge >= 0.3 is 5.97 Å². The molecule has 1 aromatic rings. The van der Waals surface area contributed by atoms with Crippen LogP contribution in [0.15, 0.2) is 24.3 Å². The number of para-hydroxylation sites is 1. The molecule has 2 rings (SSSR count). The number of piperidine rings is 1. The number of hydrogen-bond acceptors (Lipinski definition) is 4. The molecule has 1 amide bonds. The normalized spacial score (nSPS) is 22.0. The molecule has 1 aliphatic heterocycles. The van der Waals surface area contributed by atoms with E-state index in [2.05, 4.69) is 0 Å². The van der Waals surface area contributed by atoms with Crippen LogP contribution in [0.1, 0.15) is 25.8 Å². The lowest BCUT2D eigenvalue weighted by atomic mass is 9.90. The maximum absolute atomic E-state index is 12.5. The molecule has 23 heavy (non-hydrogen) atoms. The van der Waals surface area contributed by atoms with E-state index in [1.165, 1.54) is 0 Å². The fourth-order valence-corrected chi connectivity index (χ4v) is 2.87. The van der Waals surface area contributed by atoms with Crippen molar-refractivity contribution in [3.8, 4) is 11.8 Å². The molecule has 0 saturated carbocycles. The number of carboxylic acid groups (broad SMARTS) is 1. The average Bonchev–Trinajstić information content (AvgIpc) is 2.53. The lowest BCUT2D eigenvalue weighted by Gasteiger charge is -2.36. The van der Waals surface area contributed by atoms with Crippen LogP contribution in [-0.4, -0.2) is 41.1 Å². The van der Waals surface area contributed by atoms with E-state index in [-0.39, 0.29) is 18.4 Å². The number of carboxylic acids is 1. The molecule has 6 nitrogen and oxygen atoms in total. The zero-order chi connectivity index (χ0) is 17.0. The molecule has 1 aliphatic rings. The van der Waals surface area contributed by atoms with Gasteiger partial charge in [0.05, 0.1) is 11.5 Å². The Morgan fingerprint density at radius 3 is 2.74 bits per heavy atom.